The normalized spacial score (nSPS) is 15.0. The molecule has 1 aliphatic rings. The van der Waals surface area contributed by atoms with E-state index < -0.39 is 0 Å². The Morgan fingerprint density at radius 2 is 1.81 bits per heavy atom. The molecule has 1 atom stereocenters. The SMILES string of the molecule is Cl.Cl.Cl.Nc1ncc(-c2cn[nH]c2C2CCNC2)cc1-c1cc2c(Cl)ccc(F)c2cn1. The summed E-state index contributed by atoms with van der Waals surface area (Å²) in [6, 6.07) is 6.56. The van der Waals surface area contributed by atoms with Crippen LogP contribution in [0.5, 0.6) is 0 Å². The van der Waals surface area contributed by atoms with Crippen LogP contribution in [0.4, 0.5) is 10.2 Å². The zero-order chi connectivity index (χ0) is 20.0. The summed E-state index contributed by atoms with van der Waals surface area (Å²) in [4.78, 5) is 8.78. The van der Waals surface area contributed by atoms with Crippen LogP contribution >= 0.6 is 48.8 Å². The number of hydrogen-bond donors (Lipinski definition) is 3. The standard InChI is InChI=1S/C21H18ClFN6.3ClH/c22-17-1-2-18(23)16-9-26-19(6-13(16)17)14-5-12(8-27-21(14)24)15-10-28-29-20(15)11-3-4-25-7-11;;;/h1-2,5-6,8-11,25H,3-4,7H2,(H2,24,27)(H,28,29);3*1H. The number of nitrogen functional groups attached to an aromatic ring is 1. The maximum Gasteiger partial charge on any atom is 0.132 e. The predicted molar refractivity (Wildman–Crippen MR) is 134 cm³/mol. The predicted octanol–water partition coefficient (Wildman–Crippen LogP) is 5.40. The number of anilines is 1. The van der Waals surface area contributed by atoms with E-state index in [9.17, 15) is 4.39 Å². The van der Waals surface area contributed by atoms with Crippen molar-refractivity contribution in [3.05, 3.63) is 59.4 Å². The number of fused-ring (bicyclic) bond motifs is 1. The molecule has 0 spiro atoms. The molecule has 5 rings (SSSR count). The number of H-pyrrole nitrogens is 1. The first-order chi connectivity index (χ1) is 14.1. The van der Waals surface area contributed by atoms with Crippen LogP contribution < -0.4 is 11.1 Å². The zero-order valence-corrected chi connectivity index (χ0v) is 19.8. The summed E-state index contributed by atoms with van der Waals surface area (Å²) >= 11 is 6.27. The third-order valence-corrected chi connectivity index (χ3v) is 5.77. The number of aromatic amines is 1. The fraction of sp³-hybridized carbons (Fsp3) is 0.190. The molecule has 170 valence electrons. The lowest BCUT2D eigenvalue weighted by Gasteiger charge is -2.12. The van der Waals surface area contributed by atoms with Gasteiger partial charge in [-0.25, -0.2) is 9.37 Å². The van der Waals surface area contributed by atoms with Crippen LogP contribution in [0.15, 0.2) is 42.9 Å². The van der Waals surface area contributed by atoms with Crippen molar-refractivity contribution >= 4 is 65.4 Å². The lowest BCUT2D eigenvalue weighted by molar-refractivity contribution is 0.639. The van der Waals surface area contributed by atoms with Crippen LogP contribution in [0.3, 0.4) is 0 Å². The molecular formula is C21H21Cl4FN6. The van der Waals surface area contributed by atoms with Crippen LogP contribution in [0.25, 0.3) is 33.2 Å². The molecule has 0 aliphatic carbocycles. The smallest absolute Gasteiger partial charge is 0.132 e. The Bertz CT molecular complexity index is 1230. The number of halogens is 5. The van der Waals surface area contributed by atoms with Crippen molar-refractivity contribution in [2.24, 2.45) is 0 Å². The van der Waals surface area contributed by atoms with E-state index in [1.807, 2.05) is 12.3 Å². The molecule has 4 N–H and O–H groups in total. The number of pyridine rings is 2. The van der Waals surface area contributed by atoms with E-state index in [1.165, 1.54) is 18.3 Å². The van der Waals surface area contributed by atoms with Gasteiger partial charge in [-0.05, 0) is 37.2 Å². The Morgan fingerprint density at radius 1 is 1.00 bits per heavy atom. The van der Waals surface area contributed by atoms with E-state index in [-0.39, 0.29) is 43.0 Å². The van der Waals surface area contributed by atoms with Gasteiger partial charge in [0, 0.05) is 63.0 Å². The first-order valence-corrected chi connectivity index (χ1v) is 9.73. The van der Waals surface area contributed by atoms with Crippen molar-refractivity contribution in [2.75, 3.05) is 18.8 Å². The summed E-state index contributed by atoms with van der Waals surface area (Å²) in [5, 5.41) is 12.2. The second kappa shape index (κ2) is 10.6. The molecule has 6 nitrogen and oxygen atoms in total. The van der Waals surface area contributed by atoms with Gasteiger partial charge in [-0.2, -0.15) is 5.10 Å². The third kappa shape index (κ3) is 4.63. The Hall–Kier alpha value is -2.16. The van der Waals surface area contributed by atoms with Crippen LogP contribution in [0.2, 0.25) is 5.02 Å². The van der Waals surface area contributed by atoms with Crippen LogP contribution in [-0.4, -0.2) is 33.3 Å². The summed E-state index contributed by atoms with van der Waals surface area (Å²) < 4.78 is 14.1. The molecule has 0 saturated carbocycles. The number of nitrogens with zero attached hydrogens (tertiary/aromatic N) is 3. The van der Waals surface area contributed by atoms with E-state index >= 15 is 0 Å². The first-order valence-electron chi connectivity index (χ1n) is 9.36. The molecule has 4 heterocycles. The third-order valence-electron chi connectivity index (χ3n) is 5.44. The van der Waals surface area contributed by atoms with Gasteiger partial charge in [0.25, 0.3) is 0 Å². The highest BCUT2D eigenvalue weighted by Crippen LogP contribution is 2.35. The highest BCUT2D eigenvalue weighted by Gasteiger charge is 2.22. The Labute approximate surface area is 207 Å². The number of nitrogens with one attached hydrogen (secondary N) is 2. The number of rotatable bonds is 3. The molecule has 0 bridgehead atoms. The van der Waals surface area contributed by atoms with Crippen molar-refractivity contribution in [1.82, 2.24) is 25.5 Å². The van der Waals surface area contributed by atoms with E-state index in [0.717, 1.165) is 36.3 Å². The summed E-state index contributed by atoms with van der Waals surface area (Å²) in [6.07, 6.45) is 6.08. The minimum Gasteiger partial charge on any atom is -0.383 e. The Morgan fingerprint density at radius 3 is 2.56 bits per heavy atom. The van der Waals surface area contributed by atoms with Crippen molar-refractivity contribution in [3.8, 4) is 22.4 Å². The lowest BCUT2D eigenvalue weighted by Crippen LogP contribution is -2.08. The second-order valence-electron chi connectivity index (χ2n) is 7.19. The number of hydrogen-bond acceptors (Lipinski definition) is 5. The molecule has 32 heavy (non-hydrogen) atoms. The average molecular weight is 518 g/mol. The number of benzene rings is 1. The number of nitrogens with two attached hydrogens (primary N) is 1. The maximum atomic E-state index is 14.1. The van der Waals surface area contributed by atoms with Gasteiger partial charge in [0.15, 0.2) is 0 Å². The van der Waals surface area contributed by atoms with Crippen LogP contribution in [0.1, 0.15) is 18.0 Å². The average Bonchev–Trinajstić information content (AvgIpc) is 3.42. The van der Waals surface area contributed by atoms with Crippen LogP contribution in [0, 0.1) is 5.82 Å². The van der Waals surface area contributed by atoms with E-state index in [4.69, 9.17) is 17.3 Å². The molecule has 1 saturated heterocycles. The monoisotopic (exact) mass is 516 g/mol. The molecule has 1 aliphatic heterocycles. The maximum absolute atomic E-state index is 14.1. The van der Waals surface area contributed by atoms with E-state index in [0.29, 0.717) is 38.8 Å². The highest BCUT2D eigenvalue weighted by atomic mass is 35.5. The minimum absolute atomic E-state index is 0. The van der Waals surface area contributed by atoms with Gasteiger partial charge >= 0.3 is 0 Å². The summed E-state index contributed by atoms with van der Waals surface area (Å²) in [7, 11) is 0. The molecule has 1 unspecified atom stereocenters. The van der Waals surface area contributed by atoms with Gasteiger partial charge in [-0.3, -0.25) is 10.1 Å². The molecule has 3 aromatic heterocycles. The van der Waals surface area contributed by atoms with E-state index in [2.05, 4.69) is 25.5 Å². The summed E-state index contributed by atoms with van der Waals surface area (Å²) in [5.41, 5.74) is 10.4. The molecule has 0 radical (unpaired) electrons. The lowest BCUT2D eigenvalue weighted by atomic mass is 9.96. The molecular weight excluding hydrogens is 497 g/mol. The van der Waals surface area contributed by atoms with Gasteiger partial charge in [-0.1, -0.05) is 11.6 Å². The van der Waals surface area contributed by atoms with Gasteiger partial charge in [0.1, 0.15) is 11.6 Å². The van der Waals surface area contributed by atoms with Crippen molar-refractivity contribution in [3.63, 3.8) is 0 Å². The fourth-order valence-electron chi connectivity index (χ4n) is 3.88. The summed E-state index contributed by atoms with van der Waals surface area (Å²) in [5.74, 6) is 0.367. The second-order valence-corrected chi connectivity index (χ2v) is 7.60. The quantitative estimate of drug-likeness (QED) is 0.338. The first kappa shape index (κ1) is 26.1. The fourth-order valence-corrected chi connectivity index (χ4v) is 4.10. The van der Waals surface area contributed by atoms with Gasteiger partial charge < -0.3 is 11.1 Å². The van der Waals surface area contributed by atoms with Crippen molar-refractivity contribution in [1.29, 1.82) is 0 Å². The van der Waals surface area contributed by atoms with Crippen molar-refractivity contribution < 1.29 is 4.39 Å². The molecule has 4 aromatic rings. The highest BCUT2D eigenvalue weighted by molar-refractivity contribution is 6.35. The summed E-state index contributed by atoms with van der Waals surface area (Å²) in [6.45, 7) is 1.91. The molecule has 1 fully saturated rings. The molecule has 11 heteroatoms. The Kier molecular flexibility index (Phi) is 8.67. The zero-order valence-electron chi connectivity index (χ0n) is 16.6. The van der Waals surface area contributed by atoms with Gasteiger partial charge in [0.2, 0.25) is 0 Å². The van der Waals surface area contributed by atoms with Gasteiger partial charge in [-0.15, -0.1) is 37.2 Å². The largest absolute Gasteiger partial charge is 0.383 e. The Balaban J connectivity index is 0.00000121. The molecule has 1 aromatic carbocycles. The molecule has 0 amide bonds. The minimum atomic E-state index is -0.364. The van der Waals surface area contributed by atoms with Crippen molar-refractivity contribution in [2.45, 2.75) is 12.3 Å². The topological polar surface area (TPSA) is 92.5 Å². The van der Waals surface area contributed by atoms with Crippen LogP contribution in [-0.2, 0) is 0 Å². The van der Waals surface area contributed by atoms with Gasteiger partial charge in [0.05, 0.1) is 11.9 Å². The van der Waals surface area contributed by atoms with E-state index in [1.54, 1.807) is 12.3 Å². The number of aromatic nitrogens is 4.